The van der Waals surface area contributed by atoms with Gasteiger partial charge >= 0.3 is 6.03 Å². The molecule has 0 aliphatic carbocycles. The lowest BCUT2D eigenvalue weighted by Gasteiger charge is -2.18. The Kier molecular flexibility index (Phi) is 5.25. The number of hydrogen-bond donors (Lipinski definition) is 3. The molecule has 1 atom stereocenters. The van der Waals surface area contributed by atoms with Crippen molar-refractivity contribution in [3.8, 4) is 0 Å². The number of amides is 2. The molecule has 0 saturated carbocycles. The highest BCUT2D eigenvalue weighted by Crippen LogP contribution is 2.33. The van der Waals surface area contributed by atoms with Crippen LogP contribution in [0.25, 0.3) is 0 Å². The van der Waals surface area contributed by atoms with Crippen molar-refractivity contribution >= 4 is 49.3 Å². The second-order valence-corrected chi connectivity index (χ2v) is 6.28. The summed E-state index contributed by atoms with van der Waals surface area (Å²) in [5.41, 5.74) is 7.87. The Balaban J connectivity index is 2.13. The van der Waals surface area contributed by atoms with Crippen LogP contribution in [0.5, 0.6) is 0 Å². The predicted molar refractivity (Wildman–Crippen MR) is 93.5 cm³/mol. The molecule has 21 heavy (non-hydrogen) atoms. The summed E-state index contributed by atoms with van der Waals surface area (Å²) >= 11 is 7.07. The van der Waals surface area contributed by atoms with E-state index in [9.17, 15) is 4.79 Å². The molecule has 0 aliphatic heterocycles. The molecule has 2 rings (SSSR count). The Labute approximate surface area is 140 Å². The number of nitrogens with one attached hydrogen (secondary N) is 2. The minimum absolute atomic E-state index is 0.114. The van der Waals surface area contributed by atoms with E-state index < -0.39 is 6.03 Å². The van der Waals surface area contributed by atoms with Gasteiger partial charge in [-0.15, -0.1) is 0 Å². The van der Waals surface area contributed by atoms with E-state index in [1.165, 1.54) is 0 Å². The van der Waals surface area contributed by atoms with Crippen LogP contribution in [0, 0.1) is 0 Å². The number of carbonyl (C=O) groups is 1. The number of primary amides is 1. The maximum absolute atomic E-state index is 10.8. The number of anilines is 2. The van der Waals surface area contributed by atoms with Gasteiger partial charge in [0.15, 0.2) is 0 Å². The first kappa shape index (κ1) is 15.9. The van der Waals surface area contributed by atoms with Crippen LogP contribution in [0.15, 0.2) is 51.4 Å². The lowest BCUT2D eigenvalue weighted by atomic mass is 10.1. The van der Waals surface area contributed by atoms with Crippen LogP contribution in [-0.4, -0.2) is 6.03 Å². The van der Waals surface area contributed by atoms with E-state index in [-0.39, 0.29) is 6.04 Å². The van der Waals surface area contributed by atoms with Crippen LogP contribution in [0.4, 0.5) is 16.2 Å². The standard InChI is InChI=1S/C15H15Br2N3O/c1-9(19-14-12(16)3-2-4-13(14)17)10-5-7-11(8-6-10)20-15(18)21/h2-9,19H,1H3,(H3,18,20,21). The number of hydrogen-bond acceptors (Lipinski definition) is 2. The molecule has 4 nitrogen and oxygen atoms in total. The largest absolute Gasteiger partial charge is 0.377 e. The summed E-state index contributed by atoms with van der Waals surface area (Å²) in [6.45, 7) is 2.07. The van der Waals surface area contributed by atoms with Gasteiger partial charge < -0.3 is 16.4 Å². The number of carbonyl (C=O) groups excluding carboxylic acids is 1. The minimum atomic E-state index is -0.564. The fourth-order valence-electron chi connectivity index (χ4n) is 1.93. The van der Waals surface area contributed by atoms with E-state index in [1.54, 1.807) is 0 Å². The van der Waals surface area contributed by atoms with Gasteiger partial charge in [0.25, 0.3) is 0 Å². The van der Waals surface area contributed by atoms with Crippen molar-refractivity contribution in [1.29, 1.82) is 0 Å². The van der Waals surface area contributed by atoms with Crippen LogP contribution in [-0.2, 0) is 0 Å². The van der Waals surface area contributed by atoms with Crippen LogP contribution in [0.1, 0.15) is 18.5 Å². The molecule has 0 bridgehead atoms. The van der Waals surface area contributed by atoms with Crippen LogP contribution in [0.2, 0.25) is 0 Å². The first-order chi connectivity index (χ1) is 9.97. The zero-order chi connectivity index (χ0) is 15.4. The molecular weight excluding hydrogens is 398 g/mol. The molecule has 2 aromatic carbocycles. The number of benzene rings is 2. The molecular formula is C15H15Br2N3O. The number of halogens is 2. The Morgan fingerprint density at radius 1 is 1.10 bits per heavy atom. The topological polar surface area (TPSA) is 67.2 Å². The normalized spacial score (nSPS) is 11.8. The summed E-state index contributed by atoms with van der Waals surface area (Å²) in [6.07, 6.45) is 0. The minimum Gasteiger partial charge on any atom is -0.377 e. The molecule has 2 amide bonds. The van der Waals surface area contributed by atoms with E-state index in [1.807, 2.05) is 42.5 Å². The lowest BCUT2D eigenvalue weighted by Crippen LogP contribution is -2.19. The summed E-state index contributed by atoms with van der Waals surface area (Å²) < 4.78 is 1.99. The average Bonchev–Trinajstić information content (AvgIpc) is 2.43. The zero-order valence-corrected chi connectivity index (χ0v) is 14.5. The number of para-hydroxylation sites is 1. The van der Waals surface area contributed by atoms with Crippen LogP contribution >= 0.6 is 31.9 Å². The van der Waals surface area contributed by atoms with Crippen molar-refractivity contribution in [1.82, 2.24) is 0 Å². The highest BCUT2D eigenvalue weighted by molar-refractivity contribution is 9.11. The third-order valence-corrected chi connectivity index (χ3v) is 4.32. The van der Waals surface area contributed by atoms with Crippen molar-refractivity contribution in [3.05, 3.63) is 57.0 Å². The fraction of sp³-hybridized carbons (Fsp3) is 0.133. The second-order valence-electron chi connectivity index (χ2n) is 4.57. The van der Waals surface area contributed by atoms with E-state index in [0.717, 1.165) is 20.2 Å². The van der Waals surface area contributed by atoms with E-state index >= 15 is 0 Å². The smallest absolute Gasteiger partial charge is 0.316 e. The van der Waals surface area contributed by atoms with Gasteiger partial charge in [-0.2, -0.15) is 0 Å². The summed E-state index contributed by atoms with van der Waals surface area (Å²) in [5, 5.41) is 5.99. The highest BCUT2D eigenvalue weighted by Gasteiger charge is 2.10. The molecule has 0 aliphatic rings. The van der Waals surface area contributed by atoms with E-state index in [2.05, 4.69) is 49.4 Å². The highest BCUT2D eigenvalue weighted by atomic mass is 79.9. The van der Waals surface area contributed by atoms with Gasteiger partial charge in [-0.3, -0.25) is 0 Å². The SMILES string of the molecule is CC(Nc1c(Br)cccc1Br)c1ccc(NC(N)=O)cc1. The molecule has 0 saturated heterocycles. The van der Waals surface area contributed by atoms with Crippen molar-refractivity contribution in [2.24, 2.45) is 5.73 Å². The zero-order valence-electron chi connectivity index (χ0n) is 11.4. The van der Waals surface area contributed by atoms with Gasteiger partial charge in [0.2, 0.25) is 0 Å². The molecule has 4 N–H and O–H groups in total. The monoisotopic (exact) mass is 411 g/mol. The van der Waals surface area contributed by atoms with Crippen LogP contribution in [0.3, 0.4) is 0 Å². The van der Waals surface area contributed by atoms with Crippen molar-refractivity contribution in [3.63, 3.8) is 0 Å². The summed E-state index contributed by atoms with van der Waals surface area (Å²) in [4.78, 5) is 10.8. The Morgan fingerprint density at radius 2 is 1.67 bits per heavy atom. The van der Waals surface area contributed by atoms with Gasteiger partial charge in [0, 0.05) is 20.7 Å². The number of rotatable bonds is 4. The molecule has 6 heteroatoms. The molecule has 0 spiro atoms. The number of nitrogens with two attached hydrogens (primary N) is 1. The van der Waals surface area contributed by atoms with Crippen molar-refractivity contribution in [2.45, 2.75) is 13.0 Å². The molecule has 0 radical (unpaired) electrons. The second kappa shape index (κ2) is 6.95. The third-order valence-electron chi connectivity index (χ3n) is 3.00. The molecule has 0 aromatic heterocycles. The first-order valence-corrected chi connectivity index (χ1v) is 7.93. The van der Waals surface area contributed by atoms with Crippen molar-refractivity contribution in [2.75, 3.05) is 10.6 Å². The van der Waals surface area contributed by atoms with Gasteiger partial charge in [-0.05, 0) is 68.6 Å². The Bertz CT molecular complexity index is 624. The molecule has 1 unspecified atom stereocenters. The average molecular weight is 413 g/mol. The maximum Gasteiger partial charge on any atom is 0.316 e. The third kappa shape index (κ3) is 4.22. The van der Waals surface area contributed by atoms with Gasteiger partial charge in [0.1, 0.15) is 0 Å². The van der Waals surface area contributed by atoms with Gasteiger partial charge in [0.05, 0.1) is 5.69 Å². The number of urea groups is 1. The maximum atomic E-state index is 10.8. The molecule has 2 aromatic rings. The first-order valence-electron chi connectivity index (χ1n) is 6.34. The molecule has 110 valence electrons. The van der Waals surface area contributed by atoms with E-state index in [4.69, 9.17) is 5.73 Å². The summed E-state index contributed by atoms with van der Waals surface area (Å²) in [7, 11) is 0. The predicted octanol–water partition coefficient (Wildman–Crippen LogP) is 4.88. The quantitative estimate of drug-likeness (QED) is 0.670. The summed E-state index contributed by atoms with van der Waals surface area (Å²) in [5.74, 6) is 0. The molecule has 0 heterocycles. The van der Waals surface area contributed by atoms with Gasteiger partial charge in [-0.1, -0.05) is 18.2 Å². The van der Waals surface area contributed by atoms with E-state index in [0.29, 0.717) is 5.69 Å². The van der Waals surface area contributed by atoms with Crippen molar-refractivity contribution < 1.29 is 4.79 Å². The summed E-state index contributed by atoms with van der Waals surface area (Å²) in [6, 6.07) is 13.0. The van der Waals surface area contributed by atoms with Crippen LogP contribution < -0.4 is 16.4 Å². The Morgan fingerprint density at radius 3 is 2.19 bits per heavy atom. The Hall–Kier alpha value is -1.53. The fourth-order valence-corrected chi connectivity index (χ4v) is 3.16. The lowest BCUT2D eigenvalue weighted by molar-refractivity contribution is 0.259. The van der Waals surface area contributed by atoms with Gasteiger partial charge in [-0.25, -0.2) is 4.79 Å². The molecule has 0 fully saturated rings.